The summed E-state index contributed by atoms with van der Waals surface area (Å²) >= 11 is 0. The lowest BCUT2D eigenvalue weighted by Gasteiger charge is -2.18. The minimum atomic E-state index is -0.624. The van der Waals surface area contributed by atoms with E-state index in [4.69, 9.17) is 9.26 Å². The maximum absolute atomic E-state index is 12.5. The van der Waals surface area contributed by atoms with E-state index in [0.29, 0.717) is 24.5 Å². The SMILES string of the molecule is Cc1ccc(OCc2cc(C(=O)N(C)CC[C@H](O)c3ccccc3)no2)cn1. The molecule has 7 nitrogen and oxygen atoms in total. The molecule has 3 rings (SSSR count). The molecule has 0 fully saturated rings. The summed E-state index contributed by atoms with van der Waals surface area (Å²) in [6.07, 6.45) is 1.44. The van der Waals surface area contributed by atoms with Crippen LogP contribution in [0.3, 0.4) is 0 Å². The van der Waals surface area contributed by atoms with Crippen molar-refractivity contribution in [3.8, 4) is 5.75 Å². The molecule has 0 saturated carbocycles. The van der Waals surface area contributed by atoms with Gasteiger partial charge in [0.05, 0.1) is 12.3 Å². The quantitative estimate of drug-likeness (QED) is 0.645. The predicted octanol–water partition coefficient (Wildman–Crippen LogP) is 3.15. The summed E-state index contributed by atoms with van der Waals surface area (Å²) in [7, 11) is 1.67. The third-order valence-electron chi connectivity index (χ3n) is 4.31. The lowest BCUT2D eigenvalue weighted by molar-refractivity contribution is 0.0751. The van der Waals surface area contributed by atoms with Crippen LogP contribution in [0.25, 0.3) is 0 Å². The molecule has 146 valence electrons. The van der Waals surface area contributed by atoms with Gasteiger partial charge in [-0.1, -0.05) is 35.5 Å². The smallest absolute Gasteiger partial charge is 0.275 e. The first-order valence-corrected chi connectivity index (χ1v) is 9.02. The van der Waals surface area contributed by atoms with E-state index in [1.54, 1.807) is 19.3 Å². The van der Waals surface area contributed by atoms with Crippen LogP contribution in [-0.4, -0.2) is 39.6 Å². The Kier molecular flexibility index (Phi) is 6.39. The fraction of sp³-hybridized carbons (Fsp3) is 0.286. The topological polar surface area (TPSA) is 88.7 Å². The average Bonchev–Trinajstić information content (AvgIpc) is 3.20. The second-order valence-electron chi connectivity index (χ2n) is 6.54. The Labute approximate surface area is 163 Å². The van der Waals surface area contributed by atoms with Gasteiger partial charge >= 0.3 is 0 Å². The number of aromatic nitrogens is 2. The molecule has 0 unspecified atom stereocenters. The number of pyridine rings is 1. The van der Waals surface area contributed by atoms with Gasteiger partial charge in [-0.25, -0.2) is 0 Å². The maximum Gasteiger partial charge on any atom is 0.275 e. The number of hydrogen-bond donors (Lipinski definition) is 1. The Morgan fingerprint density at radius 2 is 2.04 bits per heavy atom. The van der Waals surface area contributed by atoms with E-state index in [0.717, 1.165) is 11.3 Å². The monoisotopic (exact) mass is 381 g/mol. The third-order valence-corrected chi connectivity index (χ3v) is 4.31. The van der Waals surface area contributed by atoms with Crippen molar-refractivity contribution in [1.82, 2.24) is 15.0 Å². The van der Waals surface area contributed by atoms with Crippen molar-refractivity contribution >= 4 is 5.91 Å². The van der Waals surface area contributed by atoms with Crippen molar-refractivity contribution in [3.05, 3.63) is 77.4 Å². The van der Waals surface area contributed by atoms with Gasteiger partial charge in [-0.05, 0) is 31.0 Å². The van der Waals surface area contributed by atoms with Crippen LogP contribution in [0, 0.1) is 6.92 Å². The van der Waals surface area contributed by atoms with Crippen LogP contribution in [0.4, 0.5) is 0 Å². The zero-order valence-electron chi connectivity index (χ0n) is 15.9. The van der Waals surface area contributed by atoms with E-state index in [1.807, 2.05) is 49.4 Å². The number of rotatable bonds is 8. The molecule has 28 heavy (non-hydrogen) atoms. The molecule has 1 atom stereocenters. The first-order chi connectivity index (χ1) is 13.5. The number of aliphatic hydroxyl groups excluding tert-OH is 1. The van der Waals surface area contributed by atoms with Gasteiger partial charge < -0.3 is 19.3 Å². The molecule has 7 heteroatoms. The fourth-order valence-electron chi connectivity index (χ4n) is 2.63. The fourth-order valence-corrected chi connectivity index (χ4v) is 2.63. The molecule has 1 aromatic carbocycles. The highest BCUT2D eigenvalue weighted by Gasteiger charge is 2.18. The molecule has 0 spiro atoms. The Morgan fingerprint density at radius 1 is 1.25 bits per heavy atom. The van der Waals surface area contributed by atoms with Crippen LogP contribution < -0.4 is 4.74 Å². The van der Waals surface area contributed by atoms with Gasteiger partial charge in [0.2, 0.25) is 0 Å². The summed E-state index contributed by atoms with van der Waals surface area (Å²) in [5.41, 5.74) is 1.94. The number of aryl methyl sites for hydroxylation is 1. The number of amides is 1. The summed E-state index contributed by atoms with van der Waals surface area (Å²) in [6, 6.07) is 14.6. The van der Waals surface area contributed by atoms with Crippen molar-refractivity contribution in [2.75, 3.05) is 13.6 Å². The van der Waals surface area contributed by atoms with Gasteiger partial charge in [0.25, 0.3) is 5.91 Å². The molecule has 0 aliphatic carbocycles. The number of carbonyl (C=O) groups is 1. The normalized spacial score (nSPS) is 11.8. The third kappa shape index (κ3) is 5.17. The Morgan fingerprint density at radius 3 is 2.75 bits per heavy atom. The van der Waals surface area contributed by atoms with Gasteiger partial charge in [0, 0.05) is 25.4 Å². The van der Waals surface area contributed by atoms with Crippen LogP contribution in [0.2, 0.25) is 0 Å². The van der Waals surface area contributed by atoms with E-state index in [2.05, 4.69) is 10.1 Å². The van der Waals surface area contributed by atoms with Crippen LogP contribution in [-0.2, 0) is 6.61 Å². The van der Waals surface area contributed by atoms with E-state index >= 15 is 0 Å². The molecule has 1 N–H and O–H groups in total. The van der Waals surface area contributed by atoms with E-state index < -0.39 is 6.10 Å². The average molecular weight is 381 g/mol. The summed E-state index contributed by atoms with van der Waals surface area (Å²) in [6.45, 7) is 2.44. The number of hydrogen-bond acceptors (Lipinski definition) is 6. The van der Waals surface area contributed by atoms with E-state index in [-0.39, 0.29) is 18.2 Å². The molecule has 0 radical (unpaired) electrons. The molecule has 2 heterocycles. The van der Waals surface area contributed by atoms with Gasteiger partial charge in [-0.2, -0.15) is 0 Å². The Bertz CT molecular complexity index is 894. The van der Waals surface area contributed by atoms with Crippen molar-refractivity contribution in [3.63, 3.8) is 0 Å². The van der Waals surface area contributed by atoms with Gasteiger partial charge in [0.15, 0.2) is 11.5 Å². The Hall–Kier alpha value is -3.19. The zero-order chi connectivity index (χ0) is 19.9. The highest BCUT2D eigenvalue weighted by molar-refractivity contribution is 5.92. The van der Waals surface area contributed by atoms with Crippen molar-refractivity contribution in [2.45, 2.75) is 26.1 Å². The number of nitrogens with zero attached hydrogens (tertiary/aromatic N) is 3. The molecule has 0 bridgehead atoms. The minimum absolute atomic E-state index is 0.154. The molecular weight excluding hydrogens is 358 g/mol. The van der Waals surface area contributed by atoms with Gasteiger partial charge in [-0.3, -0.25) is 9.78 Å². The largest absolute Gasteiger partial charge is 0.484 e. The lowest BCUT2D eigenvalue weighted by atomic mass is 10.1. The van der Waals surface area contributed by atoms with Crippen LogP contribution in [0.15, 0.2) is 59.3 Å². The Balaban J connectivity index is 1.50. The number of aliphatic hydroxyl groups is 1. The van der Waals surface area contributed by atoms with Gasteiger partial charge in [-0.15, -0.1) is 0 Å². The molecule has 0 aliphatic rings. The molecular formula is C21H23N3O4. The van der Waals surface area contributed by atoms with Crippen LogP contribution >= 0.6 is 0 Å². The zero-order valence-corrected chi connectivity index (χ0v) is 15.9. The summed E-state index contributed by atoms with van der Waals surface area (Å²) in [4.78, 5) is 18.2. The van der Waals surface area contributed by atoms with Crippen molar-refractivity contribution < 1.29 is 19.2 Å². The minimum Gasteiger partial charge on any atom is -0.484 e. The summed E-state index contributed by atoms with van der Waals surface area (Å²) in [5, 5.41) is 14.1. The van der Waals surface area contributed by atoms with Crippen molar-refractivity contribution in [2.24, 2.45) is 0 Å². The molecule has 0 saturated heterocycles. The van der Waals surface area contributed by atoms with Gasteiger partial charge in [0.1, 0.15) is 12.4 Å². The predicted molar refractivity (Wildman–Crippen MR) is 103 cm³/mol. The number of benzene rings is 1. The van der Waals surface area contributed by atoms with E-state index in [1.165, 1.54) is 4.90 Å². The van der Waals surface area contributed by atoms with Crippen molar-refractivity contribution in [1.29, 1.82) is 0 Å². The molecule has 3 aromatic rings. The second-order valence-corrected chi connectivity index (χ2v) is 6.54. The second kappa shape index (κ2) is 9.14. The highest BCUT2D eigenvalue weighted by Crippen LogP contribution is 2.17. The summed E-state index contributed by atoms with van der Waals surface area (Å²) in [5.74, 6) is 0.788. The summed E-state index contributed by atoms with van der Waals surface area (Å²) < 4.78 is 10.8. The molecule has 0 aliphatic heterocycles. The molecule has 2 aromatic heterocycles. The van der Waals surface area contributed by atoms with Crippen LogP contribution in [0.5, 0.6) is 5.75 Å². The first kappa shape index (κ1) is 19.6. The number of ether oxygens (including phenoxy) is 1. The maximum atomic E-state index is 12.5. The van der Waals surface area contributed by atoms with Crippen LogP contribution in [0.1, 0.15) is 40.0 Å². The lowest BCUT2D eigenvalue weighted by Crippen LogP contribution is -2.29. The molecule has 1 amide bonds. The first-order valence-electron chi connectivity index (χ1n) is 9.02. The highest BCUT2D eigenvalue weighted by atomic mass is 16.5. The standard InChI is InChI=1S/C21H23N3O4/c1-15-8-9-17(13-22-15)27-14-18-12-19(23-28-18)21(26)24(2)11-10-20(25)16-6-4-3-5-7-16/h3-9,12-13,20,25H,10-11,14H2,1-2H3/t20-/m0/s1. The van der Waals surface area contributed by atoms with E-state index in [9.17, 15) is 9.90 Å². The number of carbonyl (C=O) groups excluding carboxylic acids is 1.